The molecule has 4 nitrogen and oxygen atoms in total. The van der Waals surface area contributed by atoms with E-state index >= 15 is 0 Å². The number of halogens is 2. The van der Waals surface area contributed by atoms with Gasteiger partial charge in [0.05, 0.1) is 21.8 Å². The van der Waals surface area contributed by atoms with E-state index in [4.69, 9.17) is 11.6 Å². The first-order valence-corrected chi connectivity index (χ1v) is 8.60. The van der Waals surface area contributed by atoms with E-state index in [9.17, 15) is 14.0 Å². The van der Waals surface area contributed by atoms with Gasteiger partial charge in [0, 0.05) is 6.54 Å². The van der Waals surface area contributed by atoms with E-state index in [-0.39, 0.29) is 18.3 Å². The Labute approximate surface area is 161 Å². The van der Waals surface area contributed by atoms with Gasteiger partial charge < -0.3 is 10.6 Å². The molecule has 0 radical (unpaired) electrons. The summed E-state index contributed by atoms with van der Waals surface area (Å²) in [4.78, 5) is 25.0. The third-order valence-corrected chi connectivity index (χ3v) is 4.23. The van der Waals surface area contributed by atoms with E-state index in [2.05, 4.69) is 10.6 Å². The predicted octanol–water partition coefficient (Wildman–Crippen LogP) is 4.66. The number of benzene rings is 3. The van der Waals surface area contributed by atoms with Crippen molar-refractivity contribution < 1.29 is 14.0 Å². The number of rotatable bonds is 5. The quantitative estimate of drug-likeness (QED) is 0.674. The minimum atomic E-state index is -0.403. The van der Waals surface area contributed by atoms with Crippen molar-refractivity contribution in [1.29, 1.82) is 0 Å². The summed E-state index contributed by atoms with van der Waals surface area (Å²) in [7, 11) is 0. The third-order valence-electron chi connectivity index (χ3n) is 3.90. The van der Waals surface area contributed by atoms with Crippen LogP contribution in [0.25, 0.3) is 0 Å². The van der Waals surface area contributed by atoms with Crippen molar-refractivity contribution in [3.05, 3.63) is 100 Å². The zero-order chi connectivity index (χ0) is 19.2. The van der Waals surface area contributed by atoms with Crippen LogP contribution in [0.2, 0.25) is 5.02 Å². The first-order valence-electron chi connectivity index (χ1n) is 8.22. The summed E-state index contributed by atoms with van der Waals surface area (Å²) in [5, 5.41) is 5.81. The Bertz CT molecular complexity index is 974. The van der Waals surface area contributed by atoms with Gasteiger partial charge >= 0.3 is 0 Å². The lowest BCUT2D eigenvalue weighted by Gasteiger charge is -2.12. The third kappa shape index (κ3) is 4.71. The molecule has 2 N–H and O–H groups in total. The standard InChI is InChI=1S/C21H16ClFN2O2/c22-18-7-3-1-5-16(18)21(27)25-19-8-4-2-6-17(19)20(26)24-13-14-9-11-15(23)12-10-14/h1-12H,13H2,(H,24,26)(H,25,27). The van der Waals surface area contributed by atoms with E-state index in [1.807, 2.05) is 0 Å². The summed E-state index contributed by atoms with van der Waals surface area (Å²) >= 11 is 6.05. The highest BCUT2D eigenvalue weighted by Crippen LogP contribution is 2.20. The van der Waals surface area contributed by atoms with Gasteiger partial charge in [-0.1, -0.05) is 48.0 Å². The second-order valence-corrected chi connectivity index (χ2v) is 6.20. The number of hydrogen-bond acceptors (Lipinski definition) is 2. The second-order valence-electron chi connectivity index (χ2n) is 5.79. The molecule has 0 saturated heterocycles. The average Bonchev–Trinajstić information content (AvgIpc) is 2.68. The average molecular weight is 383 g/mol. The first kappa shape index (κ1) is 18.6. The van der Waals surface area contributed by atoms with Gasteiger partial charge in [-0.3, -0.25) is 9.59 Å². The molecule has 0 bridgehead atoms. The zero-order valence-electron chi connectivity index (χ0n) is 14.2. The number of amides is 2. The molecule has 3 aromatic carbocycles. The van der Waals surface area contributed by atoms with Crippen molar-refractivity contribution in [1.82, 2.24) is 5.32 Å². The number of para-hydroxylation sites is 1. The van der Waals surface area contributed by atoms with Gasteiger partial charge in [0.2, 0.25) is 0 Å². The van der Waals surface area contributed by atoms with E-state index in [0.717, 1.165) is 5.56 Å². The number of hydrogen-bond donors (Lipinski definition) is 2. The van der Waals surface area contributed by atoms with Crippen molar-refractivity contribution in [2.45, 2.75) is 6.54 Å². The highest BCUT2D eigenvalue weighted by atomic mass is 35.5. The largest absolute Gasteiger partial charge is 0.348 e. The van der Waals surface area contributed by atoms with Crippen molar-refractivity contribution in [2.24, 2.45) is 0 Å². The van der Waals surface area contributed by atoms with Crippen LogP contribution in [0.1, 0.15) is 26.3 Å². The number of carbonyl (C=O) groups is 2. The molecule has 6 heteroatoms. The Hall–Kier alpha value is -3.18. The molecule has 0 aromatic heterocycles. The van der Waals surface area contributed by atoms with E-state index in [0.29, 0.717) is 21.8 Å². The summed E-state index contributed by atoms with van der Waals surface area (Å²) in [6.45, 7) is 0.242. The highest BCUT2D eigenvalue weighted by molar-refractivity contribution is 6.34. The fraction of sp³-hybridized carbons (Fsp3) is 0.0476. The van der Waals surface area contributed by atoms with Gasteiger partial charge in [0.15, 0.2) is 0 Å². The Balaban J connectivity index is 1.73. The molecule has 0 spiro atoms. The summed E-state index contributed by atoms with van der Waals surface area (Å²) in [5.74, 6) is -1.09. The molecule has 2 amide bonds. The molecular formula is C21H16ClFN2O2. The fourth-order valence-corrected chi connectivity index (χ4v) is 2.73. The number of nitrogens with one attached hydrogen (secondary N) is 2. The van der Waals surface area contributed by atoms with Crippen LogP contribution in [0.4, 0.5) is 10.1 Å². The molecule has 0 heterocycles. The lowest BCUT2D eigenvalue weighted by molar-refractivity contribution is 0.0952. The normalized spacial score (nSPS) is 10.3. The van der Waals surface area contributed by atoms with Crippen LogP contribution in [0.5, 0.6) is 0 Å². The van der Waals surface area contributed by atoms with E-state index in [1.165, 1.54) is 12.1 Å². The Kier molecular flexibility index (Phi) is 5.84. The van der Waals surface area contributed by atoms with Crippen LogP contribution in [0.3, 0.4) is 0 Å². The summed E-state index contributed by atoms with van der Waals surface area (Å²) in [5.41, 5.74) is 1.78. The first-order chi connectivity index (χ1) is 13.0. The number of anilines is 1. The summed E-state index contributed by atoms with van der Waals surface area (Å²) in [6.07, 6.45) is 0. The lowest BCUT2D eigenvalue weighted by Crippen LogP contribution is -2.25. The van der Waals surface area contributed by atoms with Crippen molar-refractivity contribution in [3.63, 3.8) is 0 Å². The number of carbonyl (C=O) groups excluding carboxylic acids is 2. The van der Waals surface area contributed by atoms with Crippen LogP contribution in [0, 0.1) is 5.82 Å². The van der Waals surface area contributed by atoms with Gasteiger partial charge in [-0.2, -0.15) is 0 Å². The Morgan fingerprint density at radius 2 is 1.44 bits per heavy atom. The lowest BCUT2D eigenvalue weighted by atomic mass is 10.1. The van der Waals surface area contributed by atoms with Crippen LogP contribution < -0.4 is 10.6 Å². The highest BCUT2D eigenvalue weighted by Gasteiger charge is 2.15. The Morgan fingerprint density at radius 1 is 0.815 bits per heavy atom. The maximum atomic E-state index is 13.0. The Morgan fingerprint density at radius 3 is 2.15 bits per heavy atom. The van der Waals surface area contributed by atoms with Crippen molar-refractivity contribution in [3.8, 4) is 0 Å². The molecule has 0 aliphatic carbocycles. The molecule has 0 fully saturated rings. The van der Waals surface area contributed by atoms with Crippen LogP contribution in [-0.2, 0) is 6.54 Å². The molecule has 0 atom stereocenters. The minimum absolute atomic E-state index is 0.242. The predicted molar refractivity (Wildman–Crippen MR) is 103 cm³/mol. The molecule has 0 saturated carbocycles. The fourth-order valence-electron chi connectivity index (χ4n) is 2.50. The van der Waals surface area contributed by atoms with E-state index < -0.39 is 5.91 Å². The molecule has 0 aliphatic heterocycles. The van der Waals surface area contributed by atoms with Crippen LogP contribution >= 0.6 is 11.6 Å². The van der Waals surface area contributed by atoms with Gasteiger partial charge in [0.25, 0.3) is 11.8 Å². The molecule has 3 rings (SSSR count). The van der Waals surface area contributed by atoms with Crippen molar-refractivity contribution in [2.75, 3.05) is 5.32 Å². The smallest absolute Gasteiger partial charge is 0.257 e. The zero-order valence-corrected chi connectivity index (χ0v) is 15.0. The SMILES string of the molecule is O=C(Nc1ccccc1C(=O)NCc1ccc(F)cc1)c1ccccc1Cl. The monoisotopic (exact) mass is 382 g/mol. The molecular weight excluding hydrogens is 367 g/mol. The molecule has 0 aliphatic rings. The van der Waals surface area contributed by atoms with Crippen molar-refractivity contribution >= 4 is 29.1 Å². The van der Waals surface area contributed by atoms with Gasteiger partial charge in [-0.25, -0.2) is 4.39 Å². The molecule has 136 valence electrons. The topological polar surface area (TPSA) is 58.2 Å². The summed E-state index contributed by atoms with van der Waals surface area (Å²) < 4.78 is 13.0. The minimum Gasteiger partial charge on any atom is -0.348 e. The maximum Gasteiger partial charge on any atom is 0.257 e. The van der Waals surface area contributed by atoms with Crippen LogP contribution in [0.15, 0.2) is 72.8 Å². The second kappa shape index (κ2) is 8.47. The van der Waals surface area contributed by atoms with Gasteiger partial charge in [0.1, 0.15) is 5.82 Å². The molecule has 3 aromatic rings. The van der Waals surface area contributed by atoms with Crippen LogP contribution in [-0.4, -0.2) is 11.8 Å². The molecule has 0 unspecified atom stereocenters. The van der Waals surface area contributed by atoms with Gasteiger partial charge in [-0.05, 0) is 42.0 Å². The maximum absolute atomic E-state index is 13.0. The van der Waals surface area contributed by atoms with E-state index in [1.54, 1.807) is 60.7 Å². The summed E-state index contributed by atoms with van der Waals surface area (Å²) in [6, 6.07) is 19.2. The van der Waals surface area contributed by atoms with Gasteiger partial charge in [-0.15, -0.1) is 0 Å². The molecule has 27 heavy (non-hydrogen) atoms.